The van der Waals surface area contributed by atoms with Crippen LogP contribution in [0.25, 0.3) is 10.9 Å². The number of benzene rings is 1. The number of rotatable bonds is 4. The highest BCUT2D eigenvalue weighted by atomic mass is 19.4. The summed E-state index contributed by atoms with van der Waals surface area (Å²) in [5.41, 5.74) is 8.97. The molecule has 0 bridgehead atoms. The minimum absolute atomic E-state index is 0.0610. The number of nitrogens with two attached hydrogens (primary N) is 1. The summed E-state index contributed by atoms with van der Waals surface area (Å²) in [5, 5.41) is 0.841. The molecule has 3 aromatic rings. The Bertz CT molecular complexity index is 1350. The van der Waals surface area contributed by atoms with E-state index >= 15 is 0 Å². The number of pyridine rings is 2. The summed E-state index contributed by atoms with van der Waals surface area (Å²) in [6.07, 6.45) is 1.59. The van der Waals surface area contributed by atoms with Gasteiger partial charge in [-0.2, -0.15) is 13.2 Å². The lowest BCUT2D eigenvalue weighted by molar-refractivity contribution is -0.137. The lowest BCUT2D eigenvalue weighted by Gasteiger charge is -2.26. The number of aromatic nitrogens is 2. The molecular weight excluding hydrogens is 469 g/mol. The number of alkyl halides is 3. The molecular formula is C27H27F3N4O2. The largest absolute Gasteiger partial charge is 0.417 e. The van der Waals surface area contributed by atoms with E-state index in [-0.39, 0.29) is 30.0 Å². The molecule has 2 saturated carbocycles. The summed E-state index contributed by atoms with van der Waals surface area (Å²) in [5.74, 6) is 0.294. The molecule has 2 fully saturated rings. The van der Waals surface area contributed by atoms with Crippen molar-refractivity contribution >= 4 is 22.6 Å². The van der Waals surface area contributed by atoms with Gasteiger partial charge in [-0.3, -0.25) is 9.78 Å². The third-order valence-electron chi connectivity index (χ3n) is 8.16. The van der Waals surface area contributed by atoms with E-state index < -0.39 is 11.7 Å². The Kier molecular flexibility index (Phi) is 5.26. The van der Waals surface area contributed by atoms with Crippen molar-refractivity contribution in [1.82, 2.24) is 14.9 Å². The minimum Gasteiger partial charge on any atom is -0.383 e. The molecule has 9 heteroatoms. The van der Waals surface area contributed by atoms with Gasteiger partial charge in [-0.15, -0.1) is 0 Å². The molecule has 3 heterocycles. The third kappa shape index (κ3) is 3.80. The van der Waals surface area contributed by atoms with Gasteiger partial charge in [0.1, 0.15) is 5.82 Å². The second-order valence-electron chi connectivity index (χ2n) is 10.3. The van der Waals surface area contributed by atoms with E-state index in [0.29, 0.717) is 29.2 Å². The summed E-state index contributed by atoms with van der Waals surface area (Å²) < 4.78 is 44.8. The first kappa shape index (κ1) is 23.2. The van der Waals surface area contributed by atoms with Crippen LogP contribution in [0.3, 0.4) is 0 Å². The van der Waals surface area contributed by atoms with E-state index in [4.69, 9.17) is 10.5 Å². The Morgan fingerprint density at radius 3 is 2.69 bits per heavy atom. The number of ether oxygens (including phenoxy) is 1. The summed E-state index contributed by atoms with van der Waals surface area (Å²) in [6, 6.07) is 7.85. The first-order chi connectivity index (χ1) is 17.2. The maximum Gasteiger partial charge on any atom is 0.417 e. The number of anilines is 1. The van der Waals surface area contributed by atoms with E-state index in [0.717, 1.165) is 60.9 Å². The highest BCUT2D eigenvalue weighted by molar-refractivity contribution is 5.99. The first-order valence-electron chi connectivity index (χ1n) is 12.3. The van der Waals surface area contributed by atoms with E-state index in [9.17, 15) is 18.0 Å². The van der Waals surface area contributed by atoms with Gasteiger partial charge in [-0.1, -0.05) is 12.8 Å². The molecule has 1 aliphatic heterocycles. The minimum atomic E-state index is -4.45. The van der Waals surface area contributed by atoms with Crippen LogP contribution >= 0.6 is 0 Å². The van der Waals surface area contributed by atoms with Gasteiger partial charge < -0.3 is 15.4 Å². The van der Waals surface area contributed by atoms with Crippen molar-refractivity contribution in [2.45, 2.75) is 70.5 Å². The second-order valence-corrected chi connectivity index (χ2v) is 10.3. The molecule has 1 aromatic carbocycles. The third-order valence-corrected chi connectivity index (χ3v) is 8.16. The molecule has 3 aliphatic rings. The van der Waals surface area contributed by atoms with Crippen molar-refractivity contribution in [3.05, 3.63) is 64.5 Å². The molecule has 2 aliphatic carbocycles. The van der Waals surface area contributed by atoms with Crippen LogP contribution in [-0.4, -0.2) is 26.8 Å². The zero-order valence-electron chi connectivity index (χ0n) is 19.9. The van der Waals surface area contributed by atoms with E-state index in [1.165, 1.54) is 6.07 Å². The lowest BCUT2D eigenvalue weighted by atomic mass is 9.99. The van der Waals surface area contributed by atoms with Crippen molar-refractivity contribution in [3.63, 3.8) is 0 Å². The maximum absolute atomic E-state index is 13.9. The normalized spacial score (nSPS) is 22.2. The van der Waals surface area contributed by atoms with Gasteiger partial charge in [-0.05, 0) is 67.5 Å². The monoisotopic (exact) mass is 496 g/mol. The van der Waals surface area contributed by atoms with E-state index in [1.807, 2.05) is 17.9 Å². The van der Waals surface area contributed by atoms with Crippen LogP contribution < -0.4 is 5.73 Å². The highest BCUT2D eigenvalue weighted by Crippen LogP contribution is 2.60. The SMILES string of the molecule is C[C@@H]1OCc2c1c(N)nc1ccc(C(=O)N(Cc3ccc(C(F)(F)F)cn3)[C@H]3CC34CCCC4)cc21. The predicted octanol–water partition coefficient (Wildman–Crippen LogP) is 5.80. The molecule has 0 radical (unpaired) electrons. The molecule has 36 heavy (non-hydrogen) atoms. The molecule has 1 amide bonds. The Labute approximate surface area is 206 Å². The average Bonchev–Trinajstić information content (AvgIpc) is 3.13. The smallest absolute Gasteiger partial charge is 0.383 e. The van der Waals surface area contributed by atoms with Gasteiger partial charge >= 0.3 is 6.18 Å². The fraction of sp³-hybridized carbons (Fsp3) is 0.444. The van der Waals surface area contributed by atoms with Gasteiger partial charge in [-0.25, -0.2) is 4.98 Å². The average molecular weight is 497 g/mol. The maximum atomic E-state index is 13.9. The van der Waals surface area contributed by atoms with Crippen molar-refractivity contribution in [2.75, 3.05) is 5.73 Å². The Morgan fingerprint density at radius 2 is 2.00 bits per heavy atom. The van der Waals surface area contributed by atoms with Crippen molar-refractivity contribution < 1.29 is 22.7 Å². The van der Waals surface area contributed by atoms with Gasteiger partial charge in [0, 0.05) is 28.8 Å². The summed E-state index contributed by atoms with van der Waals surface area (Å²) >= 11 is 0. The Hall–Kier alpha value is -3.20. The van der Waals surface area contributed by atoms with Gasteiger partial charge in [0.25, 0.3) is 5.91 Å². The Balaban J connectivity index is 1.35. The van der Waals surface area contributed by atoms with Crippen molar-refractivity contribution in [2.24, 2.45) is 5.41 Å². The number of nitrogens with zero attached hydrogens (tertiary/aromatic N) is 3. The number of fused-ring (bicyclic) bond motifs is 3. The zero-order chi connectivity index (χ0) is 25.2. The number of nitrogen functional groups attached to an aromatic ring is 1. The predicted molar refractivity (Wildman–Crippen MR) is 128 cm³/mol. The van der Waals surface area contributed by atoms with Crippen LogP contribution in [-0.2, 0) is 24.1 Å². The fourth-order valence-electron chi connectivity index (χ4n) is 6.13. The van der Waals surface area contributed by atoms with Crippen molar-refractivity contribution in [1.29, 1.82) is 0 Å². The summed E-state index contributed by atoms with van der Waals surface area (Å²) in [7, 11) is 0. The van der Waals surface area contributed by atoms with E-state index in [2.05, 4.69) is 9.97 Å². The van der Waals surface area contributed by atoms with Crippen molar-refractivity contribution in [3.8, 4) is 0 Å². The quantitative estimate of drug-likeness (QED) is 0.494. The van der Waals surface area contributed by atoms with Crippen LogP contribution in [0, 0.1) is 5.41 Å². The molecule has 2 N–H and O–H groups in total. The molecule has 6 nitrogen and oxygen atoms in total. The van der Waals surface area contributed by atoms with Crippen LogP contribution in [0.2, 0.25) is 0 Å². The molecule has 0 saturated heterocycles. The molecule has 1 spiro atoms. The number of hydrogen-bond donors (Lipinski definition) is 1. The molecule has 6 rings (SSSR count). The first-order valence-corrected chi connectivity index (χ1v) is 12.3. The lowest BCUT2D eigenvalue weighted by Crippen LogP contribution is -2.35. The van der Waals surface area contributed by atoms with E-state index in [1.54, 1.807) is 12.1 Å². The van der Waals surface area contributed by atoms with Crippen LogP contribution in [0.15, 0.2) is 36.5 Å². The summed E-state index contributed by atoms with van der Waals surface area (Å²) in [6.45, 7) is 2.50. The zero-order valence-corrected chi connectivity index (χ0v) is 19.9. The number of hydrogen-bond acceptors (Lipinski definition) is 5. The highest BCUT2D eigenvalue weighted by Gasteiger charge is 2.58. The number of carbonyl (C=O) groups is 1. The molecule has 188 valence electrons. The molecule has 0 unspecified atom stereocenters. The van der Waals surface area contributed by atoms with Gasteiger partial charge in [0.05, 0.1) is 36.0 Å². The van der Waals surface area contributed by atoms with Crippen LogP contribution in [0.5, 0.6) is 0 Å². The van der Waals surface area contributed by atoms with Gasteiger partial charge in [0.15, 0.2) is 0 Å². The van der Waals surface area contributed by atoms with Crippen LogP contribution in [0.4, 0.5) is 19.0 Å². The fourth-order valence-corrected chi connectivity index (χ4v) is 6.13. The second kappa shape index (κ2) is 8.16. The molecule has 2 atom stereocenters. The summed E-state index contributed by atoms with van der Waals surface area (Å²) in [4.78, 5) is 24.3. The van der Waals surface area contributed by atoms with Crippen LogP contribution in [0.1, 0.15) is 77.9 Å². The standard InChI is InChI=1S/C27H27F3N4O2/c1-15-23-20(14-36-15)19-10-16(4-7-21(19)33-24(23)31)25(35)34(22-11-26(22)8-2-3-9-26)13-18-6-5-17(12-32-18)27(28,29)30/h4-7,10,12,15,22H,2-3,8-9,11,13-14H2,1H3,(H2,31,33)/t15-,22-/m0/s1. The number of amides is 1. The topological polar surface area (TPSA) is 81.3 Å². The molecule has 2 aromatic heterocycles. The Morgan fingerprint density at radius 1 is 1.22 bits per heavy atom. The van der Waals surface area contributed by atoms with Gasteiger partial charge in [0.2, 0.25) is 0 Å². The number of halogens is 3. The number of carbonyl (C=O) groups excluding carboxylic acids is 1.